The van der Waals surface area contributed by atoms with Crippen LogP contribution in [0.2, 0.25) is 0 Å². The number of benzene rings is 1. The molecule has 1 amide bonds. The zero-order valence-electron chi connectivity index (χ0n) is 9.97. The van der Waals surface area contributed by atoms with Crippen LogP contribution in [0.15, 0.2) is 42.5 Å². The predicted molar refractivity (Wildman–Crippen MR) is 71.9 cm³/mol. The zero-order valence-corrected chi connectivity index (χ0v) is 10.8. The lowest BCUT2D eigenvalue weighted by Crippen LogP contribution is -2.22. The number of hydrogen-bond acceptors (Lipinski definition) is 3. The quantitative estimate of drug-likeness (QED) is 0.858. The van der Waals surface area contributed by atoms with Crippen molar-refractivity contribution in [2.75, 3.05) is 0 Å². The summed E-state index contributed by atoms with van der Waals surface area (Å²) in [5.41, 5.74) is 0.640. The third-order valence-electron chi connectivity index (χ3n) is 2.47. The van der Waals surface area contributed by atoms with E-state index >= 15 is 0 Å². The first kappa shape index (κ1) is 12.5. The van der Waals surface area contributed by atoms with E-state index in [4.69, 9.17) is 0 Å². The highest BCUT2D eigenvalue weighted by Crippen LogP contribution is 2.16. The molecular formula is C14H13NO2S. The van der Waals surface area contributed by atoms with Gasteiger partial charge in [0.2, 0.25) is 0 Å². The summed E-state index contributed by atoms with van der Waals surface area (Å²) >= 11 is 1.41. The van der Waals surface area contributed by atoms with Gasteiger partial charge in [0.1, 0.15) is 0 Å². The van der Waals surface area contributed by atoms with Crippen LogP contribution in [0.25, 0.3) is 0 Å². The molecule has 1 N–H and O–H groups in total. The maximum atomic E-state index is 11.8. The van der Waals surface area contributed by atoms with Gasteiger partial charge in [-0.2, -0.15) is 0 Å². The SMILES string of the molecule is CC(=O)c1ccc(CNC(=O)c2ccccc2)s1. The highest BCUT2D eigenvalue weighted by atomic mass is 32.1. The Kier molecular flexibility index (Phi) is 3.89. The third-order valence-corrected chi connectivity index (χ3v) is 3.65. The van der Waals surface area contributed by atoms with Gasteiger partial charge in [0, 0.05) is 10.4 Å². The Hall–Kier alpha value is -1.94. The molecular weight excluding hydrogens is 246 g/mol. The van der Waals surface area contributed by atoms with E-state index in [1.165, 1.54) is 18.3 Å². The van der Waals surface area contributed by atoms with E-state index < -0.39 is 0 Å². The van der Waals surface area contributed by atoms with Gasteiger partial charge in [0.05, 0.1) is 11.4 Å². The molecule has 0 unspecified atom stereocenters. The molecule has 2 aromatic rings. The number of rotatable bonds is 4. The molecule has 0 saturated carbocycles. The van der Waals surface area contributed by atoms with E-state index in [2.05, 4.69) is 5.32 Å². The molecule has 3 nitrogen and oxygen atoms in total. The molecule has 0 atom stereocenters. The van der Waals surface area contributed by atoms with Crippen molar-refractivity contribution in [3.63, 3.8) is 0 Å². The number of carbonyl (C=O) groups is 2. The van der Waals surface area contributed by atoms with E-state index in [1.54, 1.807) is 18.2 Å². The Morgan fingerprint density at radius 1 is 1.11 bits per heavy atom. The predicted octanol–water partition coefficient (Wildman–Crippen LogP) is 2.88. The standard InChI is InChI=1S/C14H13NO2S/c1-10(16)13-8-7-12(18-13)9-15-14(17)11-5-3-2-4-6-11/h2-8H,9H2,1H3,(H,15,17). The van der Waals surface area contributed by atoms with Crippen molar-refractivity contribution in [1.82, 2.24) is 5.32 Å². The van der Waals surface area contributed by atoms with Gasteiger partial charge in [-0.25, -0.2) is 0 Å². The van der Waals surface area contributed by atoms with Crippen LogP contribution in [0.5, 0.6) is 0 Å². The Morgan fingerprint density at radius 2 is 1.83 bits per heavy atom. The molecule has 2 rings (SSSR count). The first-order valence-corrected chi connectivity index (χ1v) is 6.41. The monoisotopic (exact) mass is 259 g/mol. The first-order valence-electron chi connectivity index (χ1n) is 5.59. The molecule has 0 spiro atoms. The fourth-order valence-electron chi connectivity index (χ4n) is 1.52. The van der Waals surface area contributed by atoms with Gasteiger partial charge in [-0.15, -0.1) is 11.3 Å². The van der Waals surface area contributed by atoms with E-state index in [-0.39, 0.29) is 11.7 Å². The van der Waals surface area contributed by atoms with Gasteiger partial charge in [-0.3, -0.25) is 9.59 Å². The number of carbonyl (C=O) groups excluding carboxylic acids is 2. The second-order valence-corrected chi connectivity index (χ2v) is 5.04. The second-order valence-electron chi connectivity index (χ2n) is 3.87. The number of nitrogens with one attached hydrogen (secondary N) is 1. The summed E-state index contributed by atoms with van der Waals surface area (Å²) in [5.74, 6) is -0.0472. The van der Waals surface area contributed by atoms with Crippen molar-refractivity contribution in [3.05, 3.63) is 57.8 Å². The first-order chi connectivity index (χ1) is 8.66. The van der Waals surface area contributed by atoms with Crippen LogP contribution in [0.4, 0.5) is 0 Å². The maximum absolute atomic E-state index is 11.8. The Bertz CT molecular complexity index is 560. The van der Waals surface area contributed by atoms with Crippen LogP contribution in [0.1, 0.15) is 31.8 Å². The minimum Gasteiger partial charge on any atom is -0.347 e. The largest absolute Gasteiger partial charge is 0.347 e. The summed E-state index contributed by atoms with van der Waals surface area (Å²) in [6.07, 6.45) is 0. The molecule has 18 heavy (non-hydrogen) atoms. The lowest BCUT2D eigenvalue weighted by atomic mass is 10.2. The topological polar surface area (TPSA) is 46.2 Å². The van der Waals surface area contributed by atoms with E-state index in [9.17, 15) is 9.59 Å². The number of ketones is 1. The molecule has 0 aliphatic rings. The maximum Gasteiger partial charge on any atom is 0.251 e. The molecule has 4 heteroatoms. The average molecular weight is 259 g/mol. The van der Waals surface area contributed by atoms with Crippen molar-refractivity contribution in [3.8, 4) is 0 Å². The van der Waals surface area contributed by atoms with Crippen molar-refractivity contribution >= 4 is 23.0 Å². The molecule has 1 aromatic heterocycles. The summed E-state index contributed by atoms with van der Waals surface area (Å²) in [6.45, 7) is 1.99. The number of hydrogen-bond donors (Lipinski definition) is 1. The van der Waals surface area contributed by atoms with E-state index in [0.29, 0.717) is 12.1 Å². The molecule has 0 fully saturated rings. The summed E-state index contributed by atoms with van der Waals surface area (Å²) in [4.78, 5) is 24.6. The van der Waals surface area contributed by atoms with Gasteiger partial charge in [-0.1, -0.05) is 18.2 Å². The van der Waals surface area contributed by atoms with Gasteiger partial charge in [0.15, 0.2) is 5.78 Å². The number of amides is 1. The van der Waals surface area contributed by atoms with Crippen molar-refractivity contribution in [1.29, 1.82) is 0 Å². The molecule has 0 saturated heterocycles. The van der Waals surface area contributed by atoms with Crippen LogP contribution in [0, 0.1) is 0 Å². The fourth-order valence-corrected chi connectivity index (χ4v) is 2.36. The molecule has 1 heterocycles. The van der Waals surface area contributed by atoms with Crippen molar-refractivity contribution < 1.29 is 9.59 Å². The molecule has 0 aliphatic carbocycles. The fraction of sp³-hybridized carbons (Fsp3) is 0.143. The summed E-state index contributed by atoms with van der Waals surface area (Å²) < 4.78 is 0. The van der Waals surface area contributed by atoms with Crippen molar-refractivity contribution in [2.45, 2.75) is 13.5 Å². The normalized spacial score (nSPS) is 10.1. The Balaban J connectivity index is 1.95. The van der Waals surface area contributed by atoms with E-state index in [0.717, 1.165) is 9.75 Å². The lowest BCUT2D eigenvalue weighted by Gasteiger charge is -2.02. The van der Waals surface area contributed by atoms with Crippen LogP contribution < -0.4 is 5.32 Å². The number of Topliss-reactive ketones (excluding diaryl/α,β-unsaturated/α-hetero) is 1. The molecule has 0 aliphatic heterocycles. The van der Waals surface area contributed by atoms with Crippen LogP contribution in [0.3, 0.4) is 0 Å². The second kappa shape index (κ2) is 5.60. The van der Waals surface area contributed by atoms with Crippen molar-refractivity contribution in [2.24, 2.45) is 0 Å². The highest BCUT2D eigenvalue weighted by molar-refractivity contribution is 7.14. The third kappa shape index (κ3) is 3.05. The summed E-state index contributed by atoms with van der Waals surface area (Å²) in [7, 11) is 0. The molecule has 1 aromatic carbocycles. The summed E-state index contributed by atoms with van der Waals surface area (Å²) in [5, 5.41) is 2.83. The minimum absolute atomic E-state index is 0.0561. The zero-order chi connectivity index (χ0) is 13.0. The Labute approximate surface area is 109 Å². The highest BCUT2D eigenvalue weighted by Gasteiger charge is 2.07. The van der Waals surface area contributed by atoms with Gasteiger partial charge < -0.3 is 5.32 Å². The van der Waals surface area contributed by atoms with Crippen LogP contribution in [-0.4, -0.2) is 11.7 Å². The molecule has 0 radical (unpaired) electrons. The lowest BCUT2D eigenvalue weighted by molar-refractivity contribution is 0.0950. The Morgan fingerprint density at radius 3 is 2.44 bits per heavy atom. The molecule has 92 valence electrons. The minimum atomic E-state index is -0.103. The van der Waals surface area contributed by atoms with Gasteiger partial charge in [-0.05, 0) is 31.2 Å². The number of thiophene rings is 1. The van der Waals surface area contributed by atoms with Crippen LogP contribution >= 0.6 is 11.3 Å². The van der Waals surface area contributed by atoms with Gasteiger partial charge >= 0.3 is 0 Å². The summed E-state index contributed by atoms with van der Waals surface area (Å²) in [6, 6.07) is 12.7. The van der Waals surface area contributed by atoms with E-state index in [1.807, 2.05) is 24.3 Å². The molecule has 0 bridgehead atoms. The average Bonchev–Trinajstić information content (AvgIpc) is 2.86. The smallest absolute Gasteiger partial charge is 0.251 e. The van der Waals surface area contributed by atoms with Crippen LogP contribution in [-0.2, 0) is 6.54 Å². The van der Waals surface area contributed by atoms with Gasteiger partial charge in [0.25, 0.3) is 5.91 Å².